The maximum absolute atomic E-state index is 13.6. The topological polar surface area (TPSA) is 67.8 Å². The van der Waals surface area contributed by atoms with E-state index < -0.39 is 0 Å². The molecule has 0 amide bonds. The van der Waals surface area contributed by atoms with Crippen LogP contribution in [-0.2, 0) is 14.4 Å². The highest BCUT2D eigenvalue weighted by atomic mass is 16.6. The minimum atomic E-state index is -0.265. The number of rotatable bonds is 2. The second-order valence-corrected chi connectivity index (χ2v) is 11.5. The predicted molar refractivity (Wildman–Crippen MR) is 111 cm³/mol. The number of carbonyl (C=O) groups excluding carboxylic acids is 2. The van der Waals surface area contributed by atoms with Gasteiger partial charge in [0.2, 0.25) is 0 Å². The summed E-state index contributed by atoms with van der Waals surface area (Å²) in [6, 6.07) is 0. The van der Waals surface area contributed by atoms with Crippen LogP contribution in [0.4, 0.5) is 0 Å². The summed E-state index contributed by atoms with van der Waals surface area (Å²) < 4.78 is 0. The summed E-state index contributed by atoms with van der Waals surface area (Å²) in [6.45, 7) is 10.7. The molecule has 5 nitrogen and oxygen atoms in total. The molecule has 1 heterocycles. The molecule has 0 spiro atoms. The molecule has 0 bridgehead atoms. The molecule has 4 aliphatic carbocycles. The number of hydrogen-bond acceptors (Lipinski definition) is 5. The van der Waals surface area contributed by atoms with Crippen molar-refractivity contribution in [2.45, 2.75) is 78.7 Å². The Balaban J connectivity index is 1.45. The van der Waals surface area contributed by atoms with Crippen LogP contribution in [0.1, 0.15) is 72.6 Å². The van der Waals surface area contributed by atoms with E-state index in [1.165, 1.54) is 0 Å². The first-order valence-electron chi connectivity index (χ1n) is 11.7. The molecule has 5 heteroatoms. The van der Waals surface area contributed by atoms with E-state index in [0.29, 0.717) is 42.2 Å². The fourth-order valence-electron chi connectivity index (χ4n) is 8.17. The highest BCUT2D eigenvalue weighted by Crippen LogP contribution is 2.66. The summed E-state index contributed by atoms with van der Waals surface area (Å²) in [6.07, 6.45) is 6.56. The molecule has 0 aromatic heterocycles. The van der Waals surface area contributed by atoms with Crippen LogP contribution in [-0.4, -0.2) is 36.5 Å². The van der Waals surface area contributed by atoms with Gasteiger partial charge in [-0.05, 0) is 55.3 Å². The van der Waals surface area contributed by atoms with Crippen LogP contribution in [0.5, 0.6) is 0 Å². The van der Waals surface area contributed by atoms with Crippen molar-refractivity contribution in [1.29, 1.82) is 0 Å². The van der Waals surface area contributed by atoms with Crippen molar-refractivity contribution in [3.05, 3.63) is 0 Å². The van der Waals surface area contributed by atoms with E-state index >= 15 is 0 Å². The van der Waals surface area contributed by atoms with Gasteiger partial charge < -0.3 is 10.2 Å². The Labute approximate surface area is 174 Å². The summed E-state index contributed by atoms with van der Waals surface area (Å²) >= 11 is 0. The lowest BCUT2D eigenvalue weighted by Crippen LogP contribution is -2.61. The standard InChI is InChI=1S/C24H36N2O3/c1-22(2)19(26-29-14-12-25-13-14)8-10-24(4)17-7-9-23(3)16(5-6-20(23)28)15(17)11-18(27)21(22)24/h14-17,21,25H,5-13H2,1-4H3/b26-19+/t15-,16-,17-,21?,23-,24+/m0/s1. The van der Waals surface area contributed by atoms with Gasteiger partial charge in [0.25, 0.3) is 0 Å². The van der Waals surface area contributed by atoms with Crippen LogP contribution in [0.15, 0.2) is 5.16 Å². The number of Topliss-reactive ketones (excluding diaryl/α,β-unsaturated/α-hetero) is 2. The lowest BCUT2D eigenvalue weighted by Gasteiger charge is -2.62. The lowest BCUT2D eigenvalue weighted by molar-refractivity contribution is -0.160. The summed E-state index contributed by atoms with van der Waals surface area (Å²) in [5.74, 6) is 2.20. The van der Waals surface area contributed by atoms with Crippen molar-refractivity contribution in [2.24, 2.45) is 45.1 Å². The summed E-state index contributed by atoms with van der Waals surface area (Å²) in [5.41, 5.74) is 0.633. The van der Waals surface area contributed by atoms with Gasteiger partial charge in [0.15, 0.2) is 6.10 Å². The predicted octanol–water partition coefficient (Wildman–Crippen LogP) is 3.76. The molecular formula is C24H36N2O3. The Bertz CT molecular complexity index is 770. The van der Waals surface area contributed by atoms with E-state index in [1.807, 2.05) is 0 Å². The average Bonchev–Trinajstić information content (AvgIpc) is 2.90. The third-order valence-electron chi connectivity index (χ3n) is 9.83. The number of oxime groups is 1. The van der Waals surface area contributed by atoms with Crippen molar-refractivity contribution >= 4 is 17.3 Å². The number of fused-ring (bicyclic) bond motifs is 5. The lowest BCUT2D eigenvalue weighted by atomic mass is 9.41. The molecule has 1 aliphatic heterocycles. The monoisotopic (exact) mass is 400 g/mol. The van der Waals surface area contributed by atoms with Gasteiger partial charge in [0.05, 0.1) is 5.71 Å². The smallest absolute Gasteiger partial charge is 0.152 e. The number of nitrogens with one attached hydrogen (secondary N) is 1. The normalized spacial score (nSPS) is 47.9. The average molecular weight is 401 g/mol. The van der Waals surface area contributed by atoms with Gasteiger partial charge in [-0.2, -0.15) is 0 Å². The third-order valence-corrected chi connectivity index (χ3v) is 9.83. The van der Waals surface area contributed by atoms with Crippen LogP contribution < -0.4 is 5.32 Å². The number of ketones is 2. The van der Waals surface area contributed by atoms with Crippen molar-refractivity contribution in [2.75, 3.05) is 13.1 Å². The minimum Gasteiger partial charge on any atom is -0.390 e. The molecule has 5 fully saturated rings. The molecule has 29 heavy (non-hydrogen) atoms. The SMILES string of the molecule is CC1(C)/C(=N/OC2CNC2)CC[C@@]2(C)C1C(=O)C[C@@H]1[C@@H]2CC[C@]2(C)C(=O)CC[C@@H]12. The Morgan fingerprint density at radius 3 is 2.45 bits per heavy atom. The zero-order valence-corrected chi connectivity index (χ0v) is 18.4. The molecule has 0 radical (unpaired) electrons. The van der Waals surface area contributed by atoms with Crippen molar-refractivity contribution < 1.29 is 14.4 Å². The van der Waals surface area contributed by atoms with E-state index in [2.05, 4.69) is 38.2 Å². The van der Waals surface area contributed by atoms with Crippen LogP contribution in [0, 0.1) is 39.9 Å². The van der Waals surface area contributed by atoms with Gasteiger partial charge in [-0.15, -0.1) is 0 Å². The highest BCUT2D eigenvalue weighted by molar-refractivity contribution is 5.97. The third kappa shape index (κ3) is 2.65. The molecular weight excluding hydrogens is 364 g/mol. The minimum absolute atomic E-state index is 0.00745. The Morgan fingerprint density at radius 1 is 1.00 bits per heavy atom. The van der Waals surface area contributed by atoms with Gasteiger partial charge in [-0.3, -0.25) is 9.59 Å². The Morgan fingerprint density at radius 2 is 1.76 bits per heavy atom. The summed E-state index contributed by atoms with van der Waals surface area (Å²) in [7, 11) is 0. The van der Waals surface area contributed by atoms with Crippen LogP contribution >= 0.6 is 0 Å². The Hall–Kier alpha value is -1.23. The molecule has 4 saturated carbocycles. The molecule has 6 atom stereocenters. The Kier molecular flexibility index (Phi) is 4.34. The molecule has 0 aromatic rings. The zero-order valence-electron chi connectivity index (χ0n) is 18.4. The maximum Gasteiger partial charge on any atom is 0.152 e. The van der Waals surface area contributed by atoms with Crippen LogP contribution in [0.2, 0.25) is 0 Å². The van der Waals surface area contributed by atoms with E-state index in [-0.39, 0.29) is 28.3 Å². The molecule has 1 N–H and O–H groups in total. The second-order valence-electron chi connectivity index (χ2n) is 11.5. The highest BCUT2D eigenvalue weighted by Gasteiger charge is 2.65. The molecule has 5 aliphatic rings. The zero-order chi connectivity index (χ0) is 20.6. The summed E-state index contributed by atoms with van der Waals surface area (Å²) in [5, 5.41) is 7.78. The number of nitrogens with zero attached hydrogens (tertiary/aromatic N) is 1. The molecule has 160 valence electrons. The number of hydrogen-bond donors (Lipinski definition) is 1. The molecule has 5 rings (SSSR count). The van der Waals surface area contributed by atoms with Gasteiger partial charge in [-0.25, -0.2) is 0 Å². The van der Waals surface area contributed by atoms with E-state index in [4.69, 9.17) is 4.84 Å². The number of carbonyl (C=O) groups is 2. The first-order valence-corrected chi connectivity index (χ1v) is 11.7. The van der Waals surface area contributed by atoms with Crippen LogP contribution in [0.25, 0.3) is 0 Å². The summed E-state index contributed by atoms with van der Waals surface area (Å²) in [4.78, 5) is 32.0. The quantitative estimate of drug-likeness (QED) is 0.717. The van der Waals surface area contributed by atoms with E-state index in [1.54, 1.807) is 0 Å². The first kappa shape index (κ1) is 19.7. The van der Waals surface area contributed by atoms with E-state index in [0.717, 1.165) is 50.9 Å². The fraction of sp³-hybridized carbons (Fsp3) is 0.875. The van der Waals surface area contributed by atoms with Crippen molar-refractivity contribution in [3.63, 3.8) is 0 Å². The van der Waals surface area contributed by atoms with Gasteiger partial charge in [-0.1, -0.05) is 32.9 Å². The second kappa shape index (κ2) is 6.38. The van der Waals surface area contributed by atoms with Crippen molar-refractivity contribution in [3.8, 4) is 0 Å². The van der Waals surface area contributed by atoms with Gasteiger partial charge in [0.1, 0.15) is 11.6 Å². The maximum atomic E-state index is 13.6. The van der Waals surface area contributed by atoms with E-state index in [9.17, 15) is 9.59 Å². The molecule has 1 saturated heterocycles. The fourth-order valence-corrected chi connectivity index (χ4v) is 8.17. The molecule has 0 aromatic carbocycles. The molecule has 1 unspecified atom stereocenters. The largest absolute Gasteiger partial charge is 0.390 e. The van der Waals surface area contributed by atoms with Gasteiger partial charge >= 0.3 is 0 Å². The van der Waals surface area contributed by atoms with Crippen molar-refractivity contribution in [1.82, 2.24) is 5.32 Å². The van der Waals surface area contributed by atoms with Gasteiger partial charge in [0, 0.05) is 42.7 Å². The first-order chi connectivity index (χ1) is 13.7. The van der Waals surface area contributed by atoms with Crippen LogP contribution in [0.3, 0.4) is 0 Å².